The number of hydrogen-bond donors (Lipinski definition) is 1. The number of benzene rings is 1. The average Bonchev–Trinajstić information content (AvgIpc) is 3.27. The summed E-state index contributed by atoms with van der Waals surface area (Å²) >= 11 is 0. The van der Waals surface area contributed by atoms with Crippen molar-refractivity contribution in [3.05, 3.63) is 60.2 Å². The van der Waals surface area contributed by atoms with Gasteiger partial charge in [-0.1, -0.05) is 6.07 Å². The predicted octanol–water partition coefficient (Wildman–Crippen LogP) is 2.51. The first-order valence-electron chi connectivity index (χ1n) is 8.13. The summed E-state index contributed by atoms with van der Waals surface area (Å²) < 4.78 is 7.06. The first kappa shape index (κ1) is 16.0. The van der Waals surface area contributed by atoms with Crippen molar-refractivity contribution in [1.29, 1.82) is 0 Å². The highest BCUT2D eigenvalue weighted by atomic mass is 16.5. The van der Waals surface area contributed by atoms with Crippen molar-refractivity contribution in [3.8, 4) is 16.9 Å². The van der Waals surface area contributed by atoms with Gasteiger partial charge < -0.3 is 10.1 Å². The first-order valence-corrected chi connectivity index (χ1v) is 8.13. The molecule has 0 fully saturated rings. The fourth-order valence-corrected chi connectivity index (χ4v) is 3.02. The number of nitrogens with zero attached hydrogens (tertiary/aromatic N) is 4. The molecule has 1 aliphatic heterocycles. The molecule has 3 heterocycles. The maximum Gasteiger partial charge on any atom is 0.259 e. The molecule has 1 amide bonds. The van der Waals surface area contributed by atoms with E-state index in [9.17, 15) is 4.79 Å². The summed E-state index contributed by atoms with van der Waals surface area (Å²) in [4.78, 5) is 21.2. The van der Waals surface area contributed by atoms with E-state index in [1.807, 2.05) is 24.3 Å². The molecule has 1 aliphatic rings. The van der Waals surface area contributed by atoms with Crippen molar-refractivity contribution < 1.29 is 9.53 Å². The van der Waals surface area contributed by atoms with Gasteiger partial charge in [-0.05, 0) is 18.2 Å². The minimum absolute atomic E-state index is 0.230. The third-order valence-corrected chi connectivity index (χ3v) is 4.25. The Bertz CT molecular complexity index is 1010. The fourth-order valence-electron chi connectivity index (χ4n) is 3.02. The van der Waals surface area contributed by atoms with E-state index in [0.717, 1.165) is 28.1 Å². The SMILES string of the molecule is COc1ccc(-c2cccnc2)c2c1CC(NC(=O)c1cnn(C)c1)=N2. The Hall–Kier alpha value is -3.48. The fraction of sp³-hybridized carbons (Fsp3) is 0.158. The molecule has 0 saturated carbocycles. The Labute approximate surface area is 150 Å². The van der Waals surface area contributed by atoms with Crippen LogP contribution >= 0.6 is 0 Å². The van der Waals surface area contributed by atoms with Crippen LogP contribution in [0.4, 0.5) is 5.69 Å². The maximum absolute atomic E-state index is 12.4. The first-order chi connectivity index (χ1) is 12.7. The molecule has 26 heavy (non-hydrogen) atoms. The quantitative estimate of drug-likeness (QED) is 0.789. The number of aromatic nitrogens is 3. The van der Waals surface area contributed by atoms with Crippen LogP contribution in [0.5, 0.6) is 5.75 Å². The number of carbonyl (C=O) groups excluding carboxylic acids is 1. The lowest BCUT2D eigenvalue weighted by Gasteiger charge is -2.10. The zero-order valence-electron chi connectivity index (χ0n) is 14.4. The van der Waals surface area contributed by atoms with E-state index >= 15 is 0 Å². The Kier molecular flexibility index (Phi) is 3.96. The van der Waals surface area contributed by atoms with E-state index in [-0.39, 0.29) is 5.91 Å². The molecule has 1 aromatic carbocycles. The second-order valence-corrected chi connectivity index (χ2v) is 5.98. The Balaban J connectivity index is 1.68. The van der Waals surface area contributed by atoms with Crippen molar-refractivity contribution >= 4 is 17.4 Å². The van der Waals surface area contributed by atoms with Crippen molar-refractivity contribution in [3.63, 3.8) is 0 Å². The van der Waals surface area contributed by atoms with E-state index in [1.165, 1.54) is 6.20 Å². The van der Waals surface area contributed by atoms with Crippen LogP contribution < -0.4 is 10.1 Å². The van der Waals surface area contributed by atoms with Crippen LogP contribution in [0.2, 0.25) is 0 Å². The van der Waals surface area contributed by atoms with Crippen molar-refractivity contribution in [1.82, 2.24) is 20.1 Å². The average molecular weight is 347 g/mol. The number of carbonyl (C=O) groups is 1. The van der Waals surface area contributed by atoms with Gasteiger partial charge in [0.15, 0.2) is 0 Å². The Morgan fingerprint density at radius 2 is 2.15 bits per heavy atom. The molecule has 2 aromatic heterocycles. The van der Waals surface area contributed by atoms with Gasteiger partial charge in [-0.25, -0.2) is 4.99 Å². The molecule has 1 N–H and O–H groups in total. The molecule has 0 unspecified atom stereocenters. The standard InChI is InChI=1S/C19H17N5O2/c1-24-11-13(10-21-24)19(25)23-17-8-15-16(26-2)6-5-14(18(15)22-17)12-4-3-7-20-9-12/h3-7,9-11H,8H2,1-2H3,(H,22,23,25). The predicted molar refractivity (Wildman–Crippen MR) is 97.7 cm³/mol. The van der Waals surface area contributed by atoms with Gasteiger partial charge in [0.05, 0.1) is 24.6 Å². The third-order valence-electron chi connectivity index (χ3n) is 4.25. The second-order valence-electron chi connectivity index (χ2n) is 5.98. The number of pyridine rings is 1. The van der Waals surface area contributed by atoms with E-state index in [0.29, 0.717) is 17.8 Å². The number of hydrogen-bond acceptors (Lipinski definition) is 5. The number of amides is 1. The van der Waals surface area contributed by atoms with Crippen LogP contribution in [-0.4, -0.2) is 33.6 Å². The Morgan fingerprint density at radius 1 is 1.27 bits per heavy atom. The van der Waals surface area contributed by atoms with Crippen LogP contribution in [0.15, 0.2) is 54.0 Å². The van der Waals surface area contributed by atoms with Crippen LogP contribution in [-0.2, 0) is 13.5 Å². The molecule has 0 spiro atoms. The number of amidine groups is 1. The van der Waals surface area contributed by atoms with Gasteiger partial charge in [-0.2, -0.15) is 5.10 Å². The summed E-state index contributed by atoms with van der Waals surface area (Å²) in [6.45, 7) is 0. The summed E-state index contributed by atoms with van der Waals surface area (Å²) in [6.07, 6.45) is 7.22. The topological polar surface area (TPSA) is 81.4 Å². The molecule has 130 valence electrons. The normalized spacial score (nSPS) is 12.5. The number of nitrogens with one attached hydrogen (secondary N) is 1. The number of methoxy groups -OCH3 is 1. The summed E-state index contributed by atoms with van der Waals surface area (Å²) in [7, 11) is 3.40. The van der Waals surface area contributed by atoms with Gasteiger partial charge in [0, 0.05) is 48.7 Å². The van der Waals surface area contributed by atoms with Gasteiger partial charge >= 0.3 is 0 Å². The van der Waals surface area contributed by atoms with Crippen LogP contribution in [0, 0.1) is 0 Å². The lowest BCUT2D eigenvalue weighted by Crippen LogP contribution is -2.30. The largest absolute Gasteiger partial charge is 0.496 e. The molecule has 0 saturated heterocycles. The highest BCUT2D eigenvalue weighted by Gasteiger charge is 2.24. The molecule has 7 heteroatoms. The molecule has 0 radical (unpaired) electrons. The molecular formula is C19H17N5O2. The van der Waals surface area contributed by atoms with Crippen LogP contribution in [0.25, 0.3) is 11.1 Å². The Morgan fingerprint density at radius 3 is 2.85 bits per heavy atom. The molecule has 0 bridgehead atoms. The van der Waals surface area contributed by atoms with Crippen molar-refractivity contribution in [2.75, 3.05) is 7.11 Å². The van der Waals surface area contributed by atoms with E-state index in [4.69, 9.17) is 4.74 Å². The third kappa shape index (κ3) is 2.83. The minimum atomic E-state index is -0.230. The highest BCUT2D eigenvalue weighted by molar-refractivity contribution is 6.10. The van der Waals surface area contributed by atoms with Crippen LogP contribution in [0.3, 0.4) is 0 Å². The number of aliphatic imine (C=N–C) groups is 1. The van der Waals surface area contributed by atoms with Gasteiger partial charge in [0.25, 0.3) is 5.91 Å². The zero-order chi connectivity index (χ0) is 18.1. The molecule has 4 rings (SSSR count). The minimum Gasteiger partial charge on any atom is -0.496 e. The number of fused-ring (bicyclic) bond motifs is 1. The lowest BCUT2D eigenvalue weighted by atomic mass is 10.0. The lowest BCUT2D eigenvalue weighted by molar-refractivity contribution is 0.0976. The second kappa shape index (κ2) is 6.44. The summed E-state index contributed by atoms with van der Waals surface area (Å²) in [6, 6.07) is 7.75. The number of rotatable bonds is 3. The number of aryl methyl sites for hydroxylation is 1. The number of ether oxygens (including phenoxy) is 1. The molecular weight excluding hydrogens is 330 g/mol. The molecule has 7 nitrogen and oxygen atoms in total. The maximum atomic E-state index is 12.4. The summed E-state index contributed by atoms with van der Waals surface area (Å²) in [5, 5.41) is 6.89. The van der Waals surface area contributed by atoms with E-state index in [2.05, 4.69) is 20.4 Å². The van der Waals surface area contributed by atoms with Gasteiger partial charge in [0.1, 0.15) is 11.6 Å². The van der Waals surface area contributed by atoms with E-state index in [1.54, 1.807) is 37.4 Å². The van der Waals surface area contributed by atoms with Gasteiger partial charge in [-0.3, -0.25) is 14.5 Å². The van der Waals surface area contributed by atoms with E-state index < -0.39 is 0 Å². The zero-order valence-corrected chi connectivity index (χ0v) is 14.4. The highest BCUT2D eigenvalue weighted by Crippen LogP contribution is 2.41. The van der Waals surface area contributed by atoms with Gasteiger partial charge in [-0.15, -0.1) is 0 Å². The van der Waals surface area contributed by atoms with Gasteiger partial charge in [0.2, 0.25) is 0 Å². The molecule has 0 atom stereocenters. The van der Waals surface area contributed by atoms with Crippen molar-refractivity contribution in [2.24, 2.45) is 12.0 Å². The molecule has 3 aromatic rings. The van der Waals surface area contributed by atoms with Crippen molar-refractivity contribution in [2.45, 2.75) is 6.42 Å². The summed E-state index contributed by atoms with van der Waals surface area (Å²) in [5.41, 5.74) is 4.18. The molecule has 0 aliphatic carbocycles. The summed E-state index contributed by atoms with van der Waals surface area (Å²) in [5.74, 6) is 1.11. The van der Waals surface area contributed by atoms with Crippen LogP contribution in [0.1, 0.15) is 15.9 Å². The smallest absolute Gasteiger partial charge is 0.259 e. The monoisotopic (exact) mass is 347 g/mol.